The van der Waals surface area contributed by atoms with Gasteiger partial charge in [-0.25, -0.2) is 0 Å². The van der Waals surface area contributed by atoms with Gasteiger partial charge >= 0.3 is 0 Å². The minimum absolute atomic E-state index is 0.0583. The molecular formula is C18H27N3O3. The number of carbonyl (C=O) groups excluding carboxylic acids is 1. The van der Waals surface area contributed by atoms with Crippen LogP contribution in [0.1, 0.15) is 23.2 Å². The van der Waals surface area contributed by atoms with Crippen molar-refractivity contribution in [3.63, 3.8) is 0 Å². The molecule has 0 unspecified atom stereocenters. The molecule has 2 heterocycles. The highest BCUT2D eigenvalue weighted by molar-refractivity contribution is 5.94. The van der Waals surface area contributed by atoms with E-state index < -0.39 is 6.10 Å². The molecule has 0 bridgehead atoms. The lowest BCUT2D eigenvalue weighted by molar-refractivity contribution is 0.0393. The quantitative estimate of drug-likeness (QED) is 0.719. The molecule has 2 aliphatic heterocycles. The minimum Gasteiger partial charge on any atom is -0.389 e. The summed E-state index contributed by atoms with van der Waals surface area (Å²) in [5.74, 6) is -0.141. The van der Waals surface area contributed by atoms with E-state index in [-0.39, 0.29) is 18.1 Å². The van der Waals surface area contributed by atoms with Crippen molar-refractivity contribution in [1.29, 1.82) is 0 Å². The first-order valence-electron chi connectivity index (χ1n) is 8.71. The van der Waals surface area contributed by atoms with Crippen LogP contribution in [0.5, 0.6) is 0 Å². The summed E-state index contributed by atoms with van der Waals surface area (Å²) in [6.07, 6.45) is 1.23. The molecular weight excluding hydrogens is 306 g/mol. The monoisotopic (exact) mass is 333 g/mol. The van der Waals surface area contributed by atoms with E-state index >= 15 is 0 Å². The van der Waals surface area contributed by atoms with Crippen molar-refractivity contribution < 1.29 is 14.6 Å². The van der Waals surface area contributed by atoms with Crippen LogP contribution >= 0.6 is 0 Å². The third-order valence-electron chi connectivity index (χ3n) is 4.95. The summed E-state index contributed by atoms with van der Waals surface area (Å²) >= 11 is 0. The smallest absolute Gasteiger partial charge is 0.251 e. The summed E-state index contributed by atoms with van der Waals surface area (Å²) in [6.45, 7) is 2.97. The predicted molar refractivity (Wildman–Crippen MR) is 92.0 cm³/mol. The predicted octanol–water partition coefficient (Wildman–Crippen LogP) is 0.229. The topological polar surface area (TPSA) is 73.8 Å². The fourth-order valence-electron chi connectivity index (χ4n) is 3.37. The summed E-state index contributed by atoms with van der Waals surface area (Å²) < 4.78 is 5.69. The van der Waals surface area contributed by atoms with E-state index in [1.165, 1.54) is 0 Å². The van der Waals surface area contributed by atoms with Gasteiger partial charge in [0.25, 0.3) is 5.91 Å². The number of amides is 1. The Hall–Kier alpha value is -1.47. The number of nitrogens with one attached hydrogen (secondary N) is 2. The number of nitrogens with zero attached hydrogens (tertiary/aromatic N) is 1. The maximum absolute atomic E-state index is 12.1. The first-order valence-corrected chi connectivity index (χ1v) is 8.71. The van der Waals surface area contributed by atoms with Gasteiger partial charge in [0.05, 0.1) is 18.8 Å². The lowest BCUT2D eigenvalue weighted by atomic mass is 10.0. The van der Waals surface area contributed by atoms with Gasteiger partial charge in [0.2, 0.25) is 0 Å². The second kappa shape index (κ2) is 8.07. The SMILES string of the molecule is CN1CCC(N[C@@H]2CO[C@H](CNC(=O)c3ccccc3)[C@H]2O)CC1. The first kappa shape index (κ1) is 17.4. The molecule has 2 fully saturated rings. The van der Waals surface area contributed by atoms with E-state index in [2.05, 4.69) is 22.6 Å². The zero-order valence-electron chi connectivity index (χ0n) is 14.1. The van der Waals surface area contributed by atoms with E-state index in [1.54, 1.807) is 12.1 Å². The summed E-state index contributed by atoms with van der Waals surface area (Å²) in [7, 11) is 2.13. The third-order valence-corrected chi connectivity index (χ3v) is 4.95. The molecule has 1 amide bonds. The van der Waals surface area contributed by atoms with Crippen LogP contribution in [0.3, 0.4) is 0 Å². The third kappa shape index (κ3) is 4.33. The van der Waals surface area contributed by atoms with Crippen molar-refractivity contribution in [2.45, 2.75) is 37.1 Å². The first-order chi connectivity index (χ1) is 11.6. The molecule has 0 radical (unpaired) electrons. The Morgan fingerprint density at radius 2 is 2.00 bits per heavy atom. The van der Waals surface area contributed by atoms with Crippen molar-refractivity contribution in [3.8, 4) is 0 Å². The number of aliphatic hydroxyl groups is 1. The van der Waals surface area contributed by atoms with E-state index in [0.717, 1.165) is 25.9 Å². The van der Waals surface area contributed by atoms with Gasteiger partial charge in [-0.05, 0) is 45.1 Å². The summed E-state index contributed by atoms with van der Waals surface area (Å²) in [5.41, 5.74) is 0.617. The van der Waals surface area contributed by atoms with Crippen LogP contribution in [-0.4, -0.2) is 73.5 Å². The Bertz CT molecular complexity index is 532. The molecule has 132 valence electrons. The Morgan fingerprint density at radius 1 is 1.29 bits per heavy atom. The normalized spacial score (nSPS) is 28.8. The molecule has 0 aliphatic carbocycles. The molecule has 2 aliphatic rings. The number of likely N-dealkylation sites (tertiary alicyclic amines) is 1. The highest BCUT2D eigenvalue weighted by Gasteiger charge is 2.37. The minimum atomic E-state index is -0.597. The van der Waals surface area contributed by atoms with Crippen LogP contribution in [0.25, 0.3) is 0 Å². The average Bonchev–Trinajstić information content (AvgIpc) is 2.95. The van der Waals surface area contributed by atoms with E-state index in [4.69, 9.17) is 4.74 Å². The number of hydrogen-bond donors (Lipinski definition) is 3. The maximum Gasteiger partial charge on any atom is 0.251 e. The zero-order valence-corrected chi connectivity index (χ0v) is 14.1. The van der Waals surface area contributed by atoms with E-state index in [1.807, 2.05) is 18.2 Å². The lowest BCUT2D eigenvalue weighted by Crippen LogP contribution is -2.51. The van der Waals surface area contributed by atoms with Crippen molar-refractivity contribution in [2.75, 3.05) is 33.3 Å². The molecule has 2 saturated heterocycles. The van der Waals surface area contributed by atoms with E-state index in [9.17, 15) is 9.90 Å². The number of piperidine rings is 1. The van der Waals surface area contributed by atoms with Gasteiger partial charge in [-0.1, -0.05) is 18.2 Å². The van der Waals surface area contributed by atoms with Gasteiger partial charge in [-0.2, -0.15) is 0 Å². The number of hydrogen-bond acceptors (Lipinski definition) is 5. The zero-order chi connectivity index (χ0) is 16.9. The number of carbonyl (C=O) groups is 1. The molecule has 3 atom stereocenters. The molecule has 0 spiro atoms. The Kier molecular flexibility index (Phi) is 5.84. The summed E-state index contributed by atoms with van der Waals surface area (Å²) in [4.78, 5) is 14.4. The summed E-state index contributed by atoms with van der Waals surface area (Å²) in [5, 5.41) is 16.8. The van der Waals surface area contributed by atoms with Gasteiger partial charge in [-0.15, -0.1) is 0 Å². The second-order valence-electron chi connectivity index (χ2n) is 6.79. The molecule has 1 aromatic rings. The number of ether oxygens (including phenoxy) is 1. The molecule has 0 aromatic heterocycles. The average molecular weight is 333 g/mol. The fraction of sp³-hybridized carbons (Fsp3) is 0.611. The van der Waals surface area contributed by atoms with E-state index in [0.29, 0.717) is 24.8 Å². The van der Waals surface area contributed by atoms with Gasteiger partial charge in [-0.3, -0.25) is 4.79 Å². The van der Waals surface area contributed by atoms with Crippen LogP contribution in [0.4, 0.5) is 0 Å². The largest absolute Gasteiger partial charge is 0.389 e. The number of rotatable bonds is 5. The van der Waals surface area contributed by atoms with Gasteiger partial charge in [0, 0.05) is 18.2 Å². The molecule has 24 heavy (non-hydrogen) atoms. The number of benzene rings is 1. The molecule has 1 aromatic carbocycles. The molecule has 6 heteroatoms. The lowest BCUT2D eigenvalue weighted by Gasteiger charge is -2.32. The Labute approximate surface area is 143 Å². The summed E-state index contributed by atoms with van der Waals surface area (Å²) in [6, 6.07) is 9.45. The highest BCUT2D eigenvalue weighted by atomic mass is 16.5. The van der Waals surface area contributed by atoms with Crippen molar-refractivity contribution in [1.82, 2.24) is 15.5 Å². The highest BCUT2D eigenvalue weighted by Crippen LogP contribution is 2.17. The molecule has 3 N–H and O–H groups in total. The molecule has 0 saturated carbocycles. The Balaban J connectivity index is 1.44. The van der Waals surface area contributed by atoms with Gasteiger partial charge in [0.1, 0.15) is 6.10 Å². The van der Waals surface area contributed by atoms with Crippen LogP contribution in [-0.2, 0) is 4.74 Å². The van der Waals surface area contributed by atoms with Crippen LogP contribution in [0, 0.1) is 0 Å². The van der Waals surface area contributed by atoms with Gasteiger partial charge in [0.15, 0.2) is 0 Å². The van der Waals surface area contributed by atoms with Crippen molar-refractivity contribution in [2.24, 2.45) is 0 Å². The second-order valence-corrected chi connectivity index (χ2v) is 6.79. The fourth-order valence-corrected chi connectivity index (χ4v) is 3.37. The van der Waals surface area contributed by atoms with Crippen molar-refractivity contribution in [3.05, 3.63) is 35.9 Å². The van der Waals surface area contributed by atoms with Gasteiger partial charge < -0.3 is 25.4 Å². The number of aliphatic hydroxyl groups excluding tert-OH is 1. The van der Waals surface area contributed by atoms with Crippen LogP contribution in [0.2, 0.25) is 0 Å². The van der Waals surface area contributed by atoms with Crippen molar-refractivity contribution >= 4 is 5.91 Å². The van der Waals surface area contributed by atoms with Crippen LogP contribution in [0.15, 0.2) is 30.3 Å². The Morgan fingerprint density at radius 3 is 2.71 bits per heavy atom. The van der Waals surface area contributed by atoms with Crippen LogP contribution < -0.4 is 10.6 Å². The maximum atomic E-state index is 12.1. The standard InChI is InChI=1S/C18H27N3O3/c1-21-9-7-14(8-10-21)20-15-12-24-16(17(15)22)11-19-18(23)13-5-3-2-4-6-13/h2-6,14-17,20,22H,7-12H2,1H3,(H,19,23)/t15-,16-,17+/m1/s1. The molecule has 6 nitrogen and oxygen atoms in total. The molecule has 3 rings (SSSR count).